The van der Waals surface area contributed by atoms with Crippen molar-refractivity contribution in [2.24, 2.45) is 4.99 Å². The van der Waals surface area contributed by atoms with E-state index in [1.165, 1.54) is 18.2 Å². The Balaban J connectivity index is 2.63. The Morgan fingerprint density at radius 2 is 1.92 bits per heavy atom. The molecule has 0 aliphatic carbocycles. The summed E-state index contributed by atoms with van der Waals surface area (Å²) in [5.41, 5.74) is 0.0572. The highest BCUT2D eigenvalue weighted by Gasteiger charge is 2.22. The maximum absolute atomic E-state index is 14.0. The smallest absolute Gasteiger partial charge is 0.191 e. The van der Waals surface area contributed by atoms with E-state index >= 15 is 0 Å². The molecule has 24 heavy (non-hydrogen) atoms. The van der Waals surface area contributed by atoms with Crippen LogP contribution in [0, 0.1) is 11.6 Å². The van der Waals surface area contributed by atoms with Gasteiger partial charge in [-0.2, -0.15) is 0 Å². The van der Waals surface area contributed by atoms with Gasteiger partial charge in [-0.25, -0.2) is 8.78 Å². The summed E-state index contributed by atoms with van der Waals surface area (Å²) in [5.74, 6) is -0.500. The average Bonchev–Trinajstić information content (AvgIpc) is 2.54. The number of nitrogens with one attached hydrogen (secondary N) is 2. The quantitative estimate of drug-likeness (QED) is 0.410. The van der Waals surface area contributed by atoms with Crippen LogP contribution in [0.5, 0.6) is 0 Å². The van der Waals surface area contributed by atoms with Crippen molar-refractivity contribution in [1.29, 1.82) is 0 Å². The van der Waals surface area contributed by atoms with Crippen LogP contribution >= 0.6 is 0 Å². The molecule has 1 aromatic rings. The van der Waals surface area contributed by atoms with E-state index in [0.29, 0.717) is 32.3 Å². The van der Waals surface area contributed by atoms with E-state index in [1.54, 1.807) is 26.0 Å². The number of guanidine groups is 1. The zero-order valence-electron chi connectivity index (χ0n) is 14.9. The Morgan fingerprint density at radius 3 is 2.46 bits per heavy atom. The van der Waals surface area contributed by atoms with Gasteiger partial charge in [-0.05, 0) is 39.6 Å². The summed E-state index contributed by atoms with van der Waals surface area (Å²) < 4.78 is 33.3. The molecule has 7 heteroatoms. The fourth-order valence-electron chi connectivity index (χ4n) is 2.31. The molecule has 0 spiro atoms. The first-order valence-corrected chi connectivity index (χ1v) is 8.13. The lowest BCUT2D eigenvalue weighted by molar-refractivity contribution is 0.145. The zero-order chi connectivity index (χ0) is 17.9. The minimum absolute atomic E-state index is 0.0572. The first kappa shape index (κ1) is 20.3. The standard InChI is InChI=1S/C17H28F2N4O/c1-5-24-11-7-10-21-17(20-2)22-12-15(23(3)4)16-13(18)8-6-9-14(16)19/h6,8-9,15H,5,7,10-12H2,1-4H3,(H2,20,21,22). The third kappa shape index (κ3) is 6.41. The number of ether oxygens (including phenoxy) is 1. The summed E-state index contributed by atoms with van der Waals surface area (Å²) >= 11 is 0. The molecule has 5 nitrogen and oxygen atoms in total. The molecule has 0 saturated heterocycles. The molecule has 1 aromatic carbocycles. The minimum atomic E-state index is -0.546. The van der Waals surface area contributed by atoms with Crippen LogP contribution < -0.4 is 10.6 Å². The summed E-state index contributed by atoms with van der Waals surface area (Å²) in [6.07, 6.45) is 0.855. The first-order chi connectivity index (χ1) is 11.5. The van der Waals surface area contributed by atoms with Crippen LogP contribution in [-0.4, -0.2) is 58.3 Å². The molecule has 0 saturated carbocycles. The number of hydrogen-bond donors (Lipinski definition) is 2. The van der Waals surface area contributed by atoms with Crippen molar-refractivity contribution in [3.8, 4) is 0 Å². The van der Waals surface area contributed by atoms with E-state index in [0.717, 1.165) is 6.42 Å². The van der Waals surface area contributed by atoms with Gasteiger partial charge in [0, 0.05) is 38.9 Å². The Morgan fingerprint density at radius 1 is 1.25 bits per heavy atom. The molecule has 1 atom stereocenters. The van der Waals surface area contributed by atoms with Crippen LogP contribution in [-0.2, 0) is 4.74 Å². The fraction of sp³-hybridized carbons (Fsp3) is 0.588. The van der Waals surface area contributed by atoms with Gasteiger partial charge >= 0.3 is 0 Å². The van der Waals surface area contributed by atoms with Gasteiger partial charge in [-0.15, -0.1) is 0 Å². The molecule has 1 rings (SSSR count). The second-order valence-electron chi connectivity index (χ2n) is 5.55. The van der Waals surface area contributed by atoms with Crippen LogP contribution in [0.3, 0.4) is 0 Å². The van der Waals surface area contributed by atoms with Crippen molar-refractivity contribution in [3.05, 3.63) is 35.4 Å². The van der Waals surface area contributed by atoms with Gasteiger partial charge in [0.2, 0.25) is 0 Å². The molecule has 0 aromatic heterocycles. The lowest BCUT2D eigenvalue weighted by atomic mass is 10.0. The van der Waals surface area contributed by atoms with E-state index in [9.17, 15) is 8.78 Å². The molecule has 136 valence electrons. The third-order valence-electron chi connectivity index (χ3n) is 3.60. The lowest BCUT2D eigenvalue weighted by Crippen LogP contribution is -2.42. The van der Waals surface area contributed by atoms with E-state index in [-0.39, 0.29) is 5.56 Å². The van der Waals surface area contributed by atoms with Gasteiger partial charge in [-0.1, -0.05) is 6.07 Å². The van der Waals surface area contributed by atoms with Gasteiger partial charge < -0.3 is 20.3 Å². The van der Waals surface area contributed by atoms with Crippen molar-refractivity contribution in [1.82, 2.24) is 15.5 Å². The monoisotopic (exact) mass is 342 g/mol. The molecule has 1 unspecified atom stereocenters. The van der Waals surface area contributed by atoms with Crippen molar-refractivity contribution in [2.45, 2.75) is 19.4 Å². The number of aliphatic imine (C=N–C) groups is 1. The van der Waals surface area contributed by atoms with Gasteiger partial charge in [0.1, 0.15) is 11.6 Å². The van der Waals surface area contributed by atoms with Crippen molar-refractivity contribution >= 4 is 5.96 Å². The maximum atomic E-state index is 14.0. The number of likely N-dealkylation sites (N-methyl/N-ethyl adjacent to an activating group) is 1. The molecule has 0 aliphatic rings. The Kier molecular flexibility index (Phi) is 9.26. The summed E-state index contributed by atoms with van der Waals surface area (Å²) in [5, 5.41) is 6.27. The van der Waals surface area contributed by atoms with Gasteiger partial charge in [0.05, 0.1) is 6.04 Å². The highest BCUT2D eigenvalue weighted by Crippen LogP contribution is 2.23. The molecular weight excluding hydrogens is 314 g/mol. The van der Waals surface area contributed by atoms with E-state index in [4.69, 9.17) is 4.74 Å². The van der Waals surface area contributed by atoms with Crippen LogP contribution in [0.15, 0.2) is 23.2 Å². The van der Waals surface area contributed by atoms with Crippen LogP contribution in [0.25, 0.3) is 0 Å². The van der Waals surface area contributed by atoms with Crippen molar-refractivity contribution < 1.29 is 13.5 Å². The number of benzene rings is 1. The molecule has 0 aliphatic heterocycles. The molecule has 0 amide bonds. The summed E-state index contributed by atoms with van der Waals surface area (Å²) in [6.45, 7) is 4.38. The average molecular weight is 342 g/mol. The zero-order valence-corrected chi connectivity index (χ0v) is 14.9. The maximum Gasteiger partial charge on any atom is 0.191 e. The molecule has 0 fully saturated rings. The van der Waals surface area contributed by atoms with Crippen LogP contribution in [0.1, 0.15) is 24.9 Å². The van der Waals surface area contributed by atoms with E-state index in [2.05, 4.69) is 15.6 Å². The van der Waals surface area contributed by atoms with E-state index in [1.807, 2.05) is 6.92 Å². The minimum Gasteiger partial charge on any atom is -0.382 e. The summed E-state index contributed by atoms with van der Waals surface area (Å²) in [7, 11) is 5.24. The largest absolute Gasteiger partial charge is 0.382 e. The Labute approximate surface area is 143 Å². The second kappa shape index (κ2) is 10.9. The van der Waals surface area contributed by atoms with Gasteiger partial charge in [0.15, 0.2) is 5.96 Å². The molecule has 0 bridgehead atoms. The van der Waals surface area contributed by atoms with Crippen LogP contribution in [0.2, 0.25) is 0 Å². The summed E-state index contributed by atoms with van der Waals surface area (Å²) in [6, 6.07) is 3.46. The molecule has 2 N–H and O–H groups in total. The summed E-state index contributed by atoms with van der Waals surface area (Å²) in [4.78, 5) is 5.90. The number of hydrogen-bond acceptors (Lipinski definition) is 3. The number of nitrogens with zero attached hydrogens (tertiary/aromatic N) is 2. The van der Waals surface area contributed by atoms with Gasteiger partial charge in [-0.3, -0.25) is 4.99 Å². The van der Waals surface area contributed by atoms with Gasteiger partial charge in [0.25, 0.3) is 0 Å². The highest BCUT2D eigenvalue weighted by atomic mass is 19.1. The normalized spacial score (nSPS) is 13.2. The molecular formula is C17H28F2N4O. The highest BCUT2D eigenvalue weighted by molar-refractivity contribution is 5.79. The molecule has 0 heterocycles. The number of halogens is 2. The van der Waals surface area contributed by atoms with Crippen molar-refractivity contribution in [2.75, 3.05) is 47.4 Å². The second-order valence-corrected chi connectivity index (χ2v) is 5.55. The fourth-order valence-corrected chi connectivity index (χ4v) is 2.31. The third-order valence-corrected chi connectivity index (χ3v) is 3.60. The lowest BCUT2D eigenvalue weighted by Gasteiger charge is -2.26. The van der Waals surface area contributed by atoms with Crippen LogP contribution in [0.4, 0.5) is 8.78 Å². The molecule has 0 radical (unpaired) electrons. The SMILES string of the molecule is CCOCCCNC(=NC)NCC(c1c(F)cccc1F)N(C)C. The predicted octanol–water partition coefficient (Wildman–Crippen LogP) is 2.16. The van der Waals surface area contributed by atoms with Crippen molar-refractivity contribution in [3.63, 3.8) is 0 Å². The topological polar surface area (TPSA) is 48.9 Å². The predicted molar refractivity (Wildman–Crippen MR) is 93.3 cm³/mol. The van der Waals surface area contributed by atoms with E-state index < -0.39 is 17.7 Å². The Bertz CT molecular complexity index is 503. The number of rotatable bonds is 9. The first-order valence-electron chi connectivity index (χ1n) is 8.13. The Hall–Kier alpha value is -1.73.